The van der Waals surface area contributed by atoms with Crippen molar-refractivity contribution < 1.29 is 4.79 Å². The molecule has 0 radical (unpaired) electrons. The summed E-state index contributed by atoms with van der Waals surface area (Å²) in [5.74, 6) is 1.88. The standard InChI is InChI=1S/C24H25ClN4O/c1-3-16-21(15-11-27-29(2)12-15)22(16)23(30)28-20-8-13-6-17(18-9-24(18)4-5-24)19(25)7-14(13)10-26-20/h6-8,10-12,16,18,21-22H,3-5,9H2,1-2H3,(H,26,28,30). The average molecular weight is 421 g/mol. The first kappa shape index (κ1) is 18.4. The van der Waals surface area contributed by atoms with Gasteiger partial charge in [-0.25, -0.2) is 4.98 Å². The zero-order valence-corrected chi connectivity index (χ0v) is 18.0. The van der Waals surface area contributed by atoms with Gasteiger partial charge >= 0.3 is 0 Å². The van der Waals surface area contributed by atoms with E-state index in [2.05, 4.69) is 28.4 Å². The number of carbonyl (C=O) groups excluding carboxylic acids is 1. The van der Waals surface area contributed by atoms with Crippen molar-refractivity contribution in [1.82, 2.24) is 14.8 Å². The number of aromatic nitrogens is 3. The van der Waals surface area contributed by atoms with Crippen LogP contribution in [0.15, 0.2) is 36.8 Å². The van der Waals surface area contributed by atoms with Crippen LogP contribution < -0.4 is 5.32 Å². The third-order valence-corrected chi connectivity index (χ3v) is 7.93. The molecule has 4 unspecified atom stereocenters. The maximum atomic E-state index is 13.0. The zero-order chi connectivity index (χ0) is 20.6. The van der Waals surface area contributed by atoms with Crippen molar-refractivity contribution in [3.05, 3.63) is 52.9 Å². The van der Waals surface area contributed by atoms with E-state index >= 15 is 0 Å². The minimum Gasteiger partial charge on any atom is -0.310 e. The molecular weight excluding hydrogens is 396 g/mol. The van der Waals surface area contributed by atoms with E-state index in [1.165, 1.54) is 24.8 Å². The highest BCUT2D eigenvalue weighted by atomic mass is 35.5. The van der Waals surface area contributed by atoms with E-state index in [1.54, 1.807) is 4.68 Å². The van der Waals surface area contributed by atoms with Crippen molar-refractivity contribution in [3.63, 3.8) is 0 Å². The normalized spacial score (nSPS) is 28.0. The van der Waals surface area contributed by atoms with E-state index in [4.69, 9.17) is 11.6 Å². The van der Waals surface area contributed by atoms with Crippen molar-refractivity contribution in [1.29, 1.82) is 0 Å². The van der Waals surface area contributed by atoms with Crippen LogP contribution in [-0.2, 0) is 11.8 Å². The smallest absolute Gasteiger partial charge is 0.229 e. The van der Waals surface area contributed by atoms with Crippen LogP contribution in [0.2, 0.25) is 5.02 Å². The lowest BCUT2D eigenvalue weighted by Crippen LogP contribution is -2.16. The number of aryl methyl sites for hydroxylation is 1. The molecule has 1 spiro atoms. The van der Waals surface area contributed by atoms with E-state index in [9.17, 15) is 4.79 Å². The molecule has 30 heavy (non-hydrogen) atoms. The number of carbonyl (C=O) groups is 1. The van der Waals surface area contributed by atoms with Crippen molar-refractivity contribution in [2.45, 2.75) is 44.4 Å². The summed E-state index contributed by atoms with van der Waals surface area (Å²) < 4.78 is 1.80. The monoisotopic (exact) mass is 420 g/mol. The number of halogens is 1. The summed E-state index contributed by atoms with van der Waals surface area (Å²) in [6, 6.07) is 6.21. The van der Waals surface area contributed by atoms with Crippen LogP contribution in [0.1, 0.15) is 55.6 Å². The van der Waals surface area contributed by atoms with Crippen molar-refractivity contribution in [2.24, 2.45) is 24.3 Å². The fourth-order valence-electron chi connectivity index (χ4n) is 5.54. The first-order valence-corrected chi connectivity index (χ1v) is 11.3. The lowest BCUT2D eigenvalue weighted by atomic mass is 10.0. The van der Waals surface area contributed by atoms with Crippen LogP contribution in [0.3, 0.4) is 0 Å². The van der Waals surface area contributed by atoms with Crippen LogP contribution in [0.5, 0.6) is 0 Å². The van der Waals surface area contributed by atoms with Gasteiger partial charge in [-0.15, -0.1) is 0 Å². The molecule has 3 fully saturated rings. The Morgan fingerprint density at radius 2 is 2.10 bits per heavy atom. The summed E-state index contributed by atoms with van der Waals surface area (Å²) in [4.78, 5) is 17.5. The third-order valence-electron chi connectivity index (χ3n) is 7.60. The number of anilines is 1. The highest BCUT2D eigenvalue weighted by molar-refractivity contribution is 6.32. The molecule has 3 aliphatic carbocycles. The predicted molar refractivity (Wildman–Crippen MR) is 118 cm³/mol. The fraction of sp³-hybridized carbons (Fsp3) is 0.458. The van der Waals surface area contributed by atoms with E-state index in [-0.39, 0.29) is 17.7 Å². The molecule has 3 aromatic rings. The molecule has 1 N–H and O–H groups in total. The molecule has 0 bridgehead atoms. The zero-order valence-electron chi connectivity index (χ0n) is 17.2. The van der Waals surface area contributed by atoms with Crippen LogP contribution >= 0.6 is 11.6 Å². The number of amides is 1. The van der Waals surface area contributed by atoms with Gasteiger partial charge in [-0.2, -0.15) is 5.10 Å². The molecule has 3 saturated carbocycles. The fourth-order valence-corrected chi connectivity index (χ4v) is 5.84. The molecule has 2 heterocycles. The van der Waals surface area contributed by atoms with Crippen LogP contribution in [0.25, 0.3) is 10.8 Å². The number of nitrogens with one attached hydrogen (secondary N) is 1. The SMILES string of the molecule is CCC1C(C(=O)Nc2cc3cc(C4CC45CC5)c(Cl)cc3cn2)C1c1cnn(C)c1. The van der Waals surface area contributed by atoms with Gasteiger partial charge < -0.3 is 5.32 Å². The second-order valence-corrected chi connectivity index (χ2v) is 9.88. The summed E-state index contributed by atoms with van der Waals surface area (Å²) in [6.07, 6.45) is 10.6. The van der Waals surface area contributed by atoms with E-state index in [0.29, 0.717) is 23.1 Å². The lowest BCUT2D eigenvalue weighted by Gasteiger charge is -2.09. The molecule has 154 valence electrons. The Bertz CT molecular complexity index is 1180. The summed E-state index contributed by atoms with van der Waals surface area (Å²) in [7, 11) is 1.91. The van der Waals surface area contributed by atoms with Gasteiger partial charge in [0.25, 0.3) is 0 Å². The van der Waals surface area contributed by atoms with Crippen LogP contribution in [0, 0.1) is 17.3 Å². The second kappa shape index (κ2) is 6.30. The van der Waals surface area contributed by atoms with E-state index in [1.807, 2.05) is 37.8 Å². The summed E-state index contributed by atoms with van der Waals surface area (Å²) in [5.41, 5.74) is 2.97. The van der Waals surface area contributed by atoms with E-state index in [0.717, 1.165) is 27.8 Å². The number of nitrogens with zero attached hydrogens (tertiary/aromatic N) is 3. The molecule has 3 aliphatic rings. The number of rotatable bonds is 5. The lowest BCUT2D eigenvalue weighted by molar-refractivity contribution is -0.117. The molecular formula is C24H25ClN4O. The number of fused-ring (bicyclic) bond motifs is 1. The Morgan fingerprint density at radius 3 is 2.77 bits per heavy atom. The number of benzene rings is 1. The van der Waals surface area contributed by atoms with Gasteiger partial charge in [0, 0.05) is 41.7 Å². The highest BCUT2D eigenvalue weighted by Gasteiger charge is 2.63. The Labute approximate surface area is 180 Å². The number of hydrogen-bond acceptors (Lipinski definition) is 3. The molecule has 5 nitrogen and oxygen atoms in total. The van der Waals surface area contributed by atoms with Crippen molar-refractivity contribution in [2.75, 3.05) is 5.32 Å². The van der Waals surface area contributed by atoms with Gasteiger partial charge in [0.05, 0.1) is 6.20 Å². The highest BCUT2D eigenvalue weighted by Crippen LogP contribution is 2.75. The average Bonchev–Trinajstić information content (AvgIpc) is 3.67. The summed E-state index contributed by atoms with van der Waals surface area (Å²) >= 11 is 6.57. The molecule has 1 aromatic carbocycles. The minimum absolute atomic E-state index is 0.0151. The predicted octanol–water partition coefficient (Wildman–Crippen LogP) is 5.27. The van der Waals surface area contributed by atoms with Gasteiger partial charge in [-0.3, -0.25) is 9.48 Å². The van der Waals surface area contributed by atoms with Crippen molar-refractivity contribution >= 4 is 34.1 Å². The first-order valence-electron chi connectivity index (χ1n) is 10.9. The molecule has 4 atom stereocenters. The third kappa shape index (κ3) is 2.86. The Balaban J connectivity index is 1.24. The van der Waals surface area contributed by atoms with Crippen LogP contribution in [-0.4, -0.2) is 20.7 Å². The Morgan fingerprint density at radius 1 is 1.27 bits per heavy atom. The van der Waals surface area contributed by atoms with Gasteiger partial charge in [0.1, 0.15) is 5.82 Å². The number of pyridine rings is 1. The first-order chi connectivity index (χ1) is 14.5. The number of hydrogen-bond donors (Lipinski definition) is 1. The maximum absolute atomic E-state index is 13.0. The van der Waals surface area contributed by atoms with Gasteiger partial charge in [-0.05, 0) is 71.2 Å². The van der Waals surface area contributed by atoms with Gasteiger partial charge in [0.15, 0.2) is 0 Å². The second-order valence-electron chi connectivity index (χ2n) is 9.47. The van der Waals surface area contributed by atoms with Gasteiger partial charge in [0.2, 0.25) is 5.91 Å². The maximum Gasteiger partial charge on any atom is 0.229 e. The minimum atomic E-state index is -0.0151. The van der Waals surface area contributed by atoms with Crippen LogP contribution in [0.4, 0.5) is 5.82 Å². The van der Waals surface area contributed by atoms with Gasteiger partial charge in [-0.1, -0.05) is 24.9 Å². The topological polar surface area (TPSA) is 59.8 Å². The molecule has 2 aromatic heterocycles. The Hall–Kier alpha value is -2.40. The largest absolute Gasteiger partial charge is 0.310 e. The Kier molecular flexibility index (Phi) is 3.86. The molecule has 0 aliphatic heterocycles. The molecule has 6 rings (SSSR count). The summed E-state index contributed by atoms with van der Waals surface area (Å²) in [5, 5.41) is 10.3. The quantitative estimate of drug-likeness (QED) is 0.611. The van der Waals surface area contributed by atoms with Crippen molar-refractivity contribution in [3.8, 4) is 0 Å². The van der Waals surface area contributed by atoms with E-state index < -0.39 is 0 Å². The molecule has 0 saturated heterocycles. The summed E-state index contributed by atoms with van der Waals surface area (Å²) in [6.45, 7) is 2.14. The molecule has 6 heteroatoms. The molecule has 1 amide bonds.